The minimum atomic E-state index is -0.286. The second-order valence-electron chi connectivity index (χ2n) is 5.93. The molecular formula is C17H20FN3OS. The summed E-state index contributed by atoms with van der Waals surface area (Å²) < 4.78 is 13.3. The third-order valence-corrected chi connectivity index (χ3v) is 5.21. The fraction of sp³-hybridized carbons (Fsp3) is 0.412. The van der Waals surface area contributed by atoms with Gasteiger partial charge in [-0.05, 0) is 37.4 Å². The van der Waals surface area contributed by atoms with E-state index in [-0.39, 0.29) is 24.2 Å². The van der Waals surface area contributed by atoms with Gasteiger partial charge in [-0.25, -0.2) is 9.37 Å². The minimum Gasteiger partial charge on any atom is -0.353 e. The molecule has 122 valence electrons. The summed E-state index contributed by atoms with van der Waals surface area (Å²) in [5, 5.41) is 5.66. The van der Waals surface area contributed by atoms with Crippen molar-refractivity contribution in [1.29, 1.82) is 0 Å². The lowest BCUT2D eigenvalue weighted by Crippen LogP contribution is -2.40. The van der Waals surface area contributed by atoms with E-state index >= 15 is 0 Å². The van der Waals surface area contributed by atoms with Crippen LogP contribution in [0.25, 0.3) is 10.6 Å². The molecule has 0 radical (unpaired) electrons. The number of nitrogens with two attached hydrogens (primary N) is 1. The molecule has 6 heteroatoms. The maximum absolute atomic E-state index is 13.3. The second kappa shape index (κ2) is 7.19. The third-order valence-electron chi connectivity index (χ3n) is 4.27. The number of aromatic nitrogens is 1. The van der Waals surface area contributed by atoms with Gasteiger partial charge in [0.15, 0.2) is 0 Å². The molecule has 1 aliphatic carbocycles. The Kier molecular flexibility index (Phi) is 5.03. The number of benzene rings is 1. The molecule has 4 nitrogen and oxygen atoms in total. The molecule has 1 saturated carbocycles. The van der Waals surface area contributed by atoms with Crippen molar-refractivity contribution in [2.45, 2.75) is 31.7 Å². The Labute approximate surface area is 138 Å². The SMILES string of the molecule is NCC1CCCC1NC(=O)Cc1csc(-c2cccc(F)c2)n1. The summed E-state index contributed by atoms with van der Waals surface area (Å²) in [6.07, 6.45) is 3.45. The first kappa shape index (κ1) is 16.1. The molecule has 1 aromatic heterocycles. The Bertz CT molecular complexity index is 688. The van der Waals surface area contributed by atoms with Crippen molar-refractivity contribution >= 4 is 17.2 Å². The van der Waals surface area contributed by atoms with Crippen LogP contribution in [-0.2, 0) is 11.2 Å². The lowest BCUT2D eigenvalue weighted by molar-refractivity contribution is -0.121. The van der Waals surface area contributed by atoms with E-state index < -0.39 is 0 Å². The van der Waals surface area contributed by atoms with E-state index in [0.717, 1.165) is 29.8 Å². The Morgan fingerprint density at radius 2 is 2.30 bits per heavy atom. The van der Waals surface area contributed by atoms with Crippen LogP contribution < -0.4 is 11.1 Å². The summed E-state index contributed by atoms with van der Waals surface area (Å²) in [6, 6.07) is 6.52. The van der Waals surface area contributed by atoms with Gasteiger partial charge in [-0.2, -0.15) is 0 Å². The Morgan fingerprint density at radius 1 is 1.43 bits per heavy atom. The summed E-state index contributed by atoms with van der Waals surface area (Å²) in [4.78, 5) is 16.6. The highest BCUT2D eigenvalue weighted by Crippen LogP contribution is 2.26. The van der Waals surface area contributed by atoms with Crippen LogP contribution in [0, 0.1) is 11.7 Å². The Balaban J connectivity index is 1.61. The van der Waals surface area contributed by atoms with Gasteiger partial charge in [0.2, 0.25) is 5.91 Å². The Morgan fingerprint density at radius 3 is 3.09 bits per heavy atom. The van der Waals surface area contributed by atoms with Crippen molar-refractivity contribution in [3.63, 3.8) is 0 Å². The number of hydrogen-bond donors (Lipinski definition) is 2. The molecule has 3 N–H and O–H groups in total. The average molecular weight is 333 g/mol. The van der Waals surface area contributed by atoms with Crippen LogP contribution in [0.4, 0.5) is 4.39 Å². The summed E-state index contributed by atoms with van der Waals surface area (Å²) in [6.45, 7) is 0.616. The predicted molar refractivity (Wildman–Crippen MR) is 89.5 cm³/mol. The van der Waals surface area contributed by atoms with Gasteiger partial charge in [0.1, 0.15) is 10.8 Å². The fourth-order valence-corrected chi connectivity index (χ4v) is 3.89. The molecule has 1 aromatic carbocycles. The highest BCUT2D eigenvalue weighted by Gasteiger charge is 2.27. The van der Waals surface area contributed by atoms with Crippen molar-refractivity contribution in [2.75, 3.05) is 6.54 Å². The first-order valence-electron chi connectivity index (χ1n) is 7.85. The highest BCUT2D eigenvalue weighted by atomic mass is 32.1. The number of hydrogen-bond acceptors (Lipinski definition) is 4. The van der Waals surface area contributed by atoms with Crippen LogP contribution in [-0.4, -0.2) is 23.5 Å². The van der Waals surface area contributed by atoms with Crippen LogP contribution in [0.3, 0.4) is 0 Å². The van der Waals surface area contributed by atoms with E-state index in [1.807, 2.05) is 11.4 Å². The summed E-state index contributed by atoms with van der Waals surface area (Å²) >= 11 is 1.42. The molecule has 2 aromatic rings. The van der Waals surface area contributed by atoms with Crippen LogP contribution in [0.2, 0.25) is 0 Å². The minimum absolute atomic E-state index is 0.0218. The molecule has 0 spiro atoms. The number of rotatable bonds is 5. The van der Waals surface area contributed by atoms with Gasteiger partial charge < -0.3 is 11.1 Å². The first-order chi connectivity index (χ1) is 11.2. The van der Waals surface area contributed by atoms with E-state index in [9.17, 15) is 9.18 Å². The molecule has 0 bridgehead atoms. The van der Waals surface area contributed by atoms with Crippen molar-refractivity contribution < 1.29 is 9.18 Å². The monoisotopic (exact) mass is 333 g/mol. The fourth-order valence-electron chi connectivity index (χ4n) is 3.07. The quantitative estimate of drug-likeness (QED) is 0.884. The normalized spacial score (nSPS) is 20.6. The standard InChI is InChI=1S/C17H20FN3OS/c18-13-5-1-3-11(7-13)17-20-14(10-23-17)8-16(22)21-15-6-2-4-12(15)9-19/h1,3,5,7,10,12,15H,2,4,6,8-9,19H2,(H,21,22). The zero-order valence-corrected chi connectivity index (χ0v) is 13.6. The van der Waals surface area contributed by atoms with E-state index in [1.54, 1.807) is 6.07 Å². The molecular weight excluding hydrogens is 313 g/mol. The first-order valence-corrected chi connectivity index (χ1v) is 8.73. The molecule has 1 heterocycles. The molecule has 0 aliphatic heterocycles. The van der Waals surface area contributed by atoms with Crippen molar-refractivity contribution in [2.24, 2.45) is 11.7 Å². The van der Waals surface area contributed by atoms with E-state index in [2.05, 4.69) is 10.3 Å². The second-order valence-corrected chi connectivity index (χ2v) is 6.79. The molecule has 3 rings (SSSR count). The summed E-state index contributed by atoms with van der Waals surface area (Å²) in [7, 11) is 0. The number of nitrogens with one attached hydrogen (secondary N) is 1. The van der Waals surface area contributed by atoms with Crippen LogP contribution >= 0.6 is 11.3 Å². The average Bonchev–Trinajstić information content (AvgIpc) is 3.16. The topological polar surface area (TPSA) is 68.0 Å². The van der Waals surface area contributed by atoms with E-state index in [0.29, 0.717) is 18.2 Å². The number of amides is 1. The number of carbonyl (C=O) groups excluding carboxylic acids is 1. The molecule has 1 aliphatic rings. The van der Waals surface area contributed by atoms with Gasteiger partial charge in [-0.1, -0.05) is 18.6 Å². The van der Waals surface area contributed by atoms with Crippen molar-refractivity contribution in [3.8, 4) is 10.6 Å². The molecule has 1 amide bonds. The number of thiazole rings is 1. The number of carbonyl (C=O) groups is 1. The Hall–Kier alpha value is -1.79. The summed E-state index contributed by atoms with van der Waals surface area (Å²) in [5.74, 6) is 0.0785. The van der Waals surface area contributed by atoms with Crippen molar-refractivity contribution in [3.05, 3.63) is 41.2 Å². The molecule has 23 heavy (non-hydrogen) atoms. The zero-order valence-electron chi connectivity index (χ0n) is 12.8. The molecule has 0 saturated heterocycles. The highest BCUT2D eigenvalue weighted by molar-refractivity contribution is 7.13. The molecule has 1 fully saturated rings. The van der Waals surface area contributed by atoms with Crippen LogP contribution in [0.5, 0.6) is 0 Å². The van der Waals surface area contributed by atoms with Gasteiger partial charge in [0, 0.05) is 17.0 Å². The maximum Gasteiger partial charge on any atom is 0.226 e. The third kappa shape index (κ3) is 3.95. The van der Waals surface area contributed by atoms with E-state index in [1.165, 1.54) is 23.5 Å². The van der Waals surface area contributed by atoms with Gasteiger partial charge >= 0.3 is 0 Å². The van der Waals surface area contributed by atoms with Gasteiger partial charge in [-0.15, -0.1) is 11.3 Å². The molecule has 2 unspecified atom stereocenters. The molecule has 2 atom stereocenters. The van der Waals surface area contributed by atoms with Crippen molar-refractivity contribution in [1.82, 2.24) is 10.3 Å². The van der Waals surface area contributed by atoms with Gasteiger partial charge in [0.05, 0.1) is 12.1 Å². The predicted octanol–water partition coefficient (Wildman–Crippen LogP) is 2.74. The van der Waals surface area contributed by atoms with Gasteiger partial charge in [-0.3, -0.25) is 4.79 Å². The smallest absolute Gasteiger partial charge is 0.226 e. The van der Waals surface area contributed by atoms with Gasteiger partial charge in [0.25, 0.3) is 0 Å². The number of nitrogens with zero attached hydrogens (tertiary/aromatic N) is 1. The lowest BCUT2D eigenvalue weighted by Gasteiger charge is -2.19. The largest absolute Gasteiger partial charge is 0.353 e. The van der Waals surface area contributed by atoms with E-state index in [4.69, 9.17) is 5.73 Å². The zero-order chi connectivity index (χ0) is 16.2. The van der Waals surface area contributed by atoms with Crippen LogP contribution in [0.1, 0.15) is 25.0 Å². The maximum atomic E-state index is 13.3. The summed E-state index contributed by atoms with van der Waals surface area (Å²) in [5.41, 5.74) is 7.19. The van der Waals surface area contributed by atoms with Crippen LogP contribution in [0.15, 0.2) is 29.6 Å². The lowest BCUT2D eigenvalue weighted by atomic mass is 10.0. The number of halogens is 1.